The van der Waals surface area contributed by atoms with E-state index in [0.29, 0.717) is 23.8 Å². The van der Waals surface area contributed by atoms with Crippen molar-refractivity contribution in [1.29, 1.82) is 0 Å². The average Bonchev–Trinajstić information content (AvgIpc) is 3.32. The van der Waals surface area contributed by atoms with Crippen LogP contribution in [0.4, 0.5) is 5.82 Å². The molecule has 0 aliphatic heterocycles. The Hall–Kier alpha value is -4.31. The highest BCUT2D eigenvalue weighted by atomic mass is 32.2. The first-order valence-corrected chi connectivity index (χ1v) is 13.6. The number of benzene rings is 1. The van der Waals surface area contributed by atoms with Gasteiger partial charge in [-0.05, 0) is 43.7 Å². The van der Waals surface area contributed by atoms with Crippen molar-refractivity contribution in [2.24, 2.45) is 0 Å². The van der Waals surface area contributed by atoms with Gasteiger partial charge in [-0.15, -0.1) is 5.10 Å². The third-order valence-corrected chi connectivity index (χ3v) is 6.67. The van der Waals surface area contributed by atoms with E-state index < -0.39 is 9.84 Å². The van der Waals surface area contributed by atoms with E-state index in [-0.39, 0.29) is 16.9 Å². The van der Waals surface area contributed by atoms with Crippen LogP contribution in [0, 0.1) is 0 Å². The van der Waals surface area contributed by atoms with Crippen LogP contribution in [-0.4, -0.2) is 45.3 Å². The molecule has 188 valence electrons. The molecule has 1 aromatic carbocycles. The van der Waals surface area contributed by atoms with E-state index in [2.05, 4.69) is 15.3 Å². The number of hydrogen-bond acceptors (Lipinski definition) is 8. The van der Waals surface area contributed by atoms with Gasteiger partial charge in [-0.3, -0.25) is 4.98 Å². The van der Waals surface area contributed by atoms with E-state index >= 15 is 0 Å². The largest absolute Gasteiger partial charge is 0.474 e. The van der Waals surface area contributed by atoms with Crippen LogP contribution in [0.1, 0.15) is 19.5 Å². The fourth-order valence-electron chi connectivity index (χ4n) is 3.93. The van der Waals surface area contributed by atoms with Crippen molar-refractivity contribution >= 4 is 21.2 Å². The van der Waals surface area contributed by atoms with E-state index in [1.165, 1.54) is 12.3 Å². The molecule has 4 heterocycles. The maximum atomic E-state index is 12.5. The number of nitrogens with one attached hydrogen (secondary N) is 1. The zero-order valence-corrected chi connectivity index (χ0v) is 21.5. The van der Waals surface area contributed by atoms with Gasteiger partial charge in [0.1, 0.15) is 10.4 Å². The molecule has 0 atom stereocenters. The molecule has 0 saturated heterocycles. The Morgan fingerprint density at radius 3 is 2.49 bits per heavy atom. The highest BCUT2D eigenvalue weighted by Crippen LogP contribution is 2.32. The monoisotopic (exact) mass is 514 g/mol. The molecule has 10 heteroatoms. The second kappa shape index (κ2) is 9.98. The predicted octanol–water partition coefficient (Wildman–Crippen LogP) is 4.66. The summed E-state index contributed by atoms with van der Waals surface area (Å²) in [7, 11) is -3.61. The summed E-state index contributed by atoms with van der Waals surface area (Å²) in [4.78, 5) is 13.5. The fourth-order valence-corrected chi connectivity index (χ4v) is 4.69. The first-order valence-electron chi connectivity index (χ1n) is 11.8. The maximum absolute atomic E-state index is 12.5. The minimum absolute atomic E-state index is 0.0112. The molecule has 5 rings (SSSR count). The highest BCUT2D eigenvalue weighted by Gasteiger charge is 2.21. The zero-order chi connectivity index (χ0) is 26.0. The van der Waals surface area contributed by atoms with E-state index in [0.717, 1.165) is 28.6 Å². The summed E-state index contributed by atoms with van der Waals surface area (Å²) in [5.41, 5.74) is 4.09. The van der Waals surface area contributed by atoms with Crippen molar-refractivity contribution in [3.8, 4) is 28.4 Å². The Bertz CT molecular complexity index is 1650. The molecule has 9 nitrogen and oxygen atoms in total. The number of hydrogen-bond donors (Lipinski definition) is 1. The van der Waals surface area contributed by atoms with Crippen LogP contribution >= 0.6 is 0 Å². The van der Waals surface area contributed by atoms with Crippen molar-refractivity contribution < 1.29 is 13.2 Å². The van der Waals surface area contributed by atoms with E-state index in [1.54, 1.807) is 10.7 Å². The van der Waals surface area contributed by atoms with Gasteiger partial charge >= 0.3 is 0 Å². The number of sulfone groups is 1. The minimum Gasteiger partial charge on any atom is -0.474 e. The van der Waals surface area contributed by atoms with Gasteiger partial charge in [0.15, 0.2) is 21.5 Å². The van der Waals surface area contributed by atoms with Gasteiger partial charge in [0.25, 0.3) is 0 Å². The highest BCUT2D eigenvalue weighted by molar-refractivity contribution is 7.90. The van der Waals surface area contributed by atoms with Crippen molar-refractivity contribution in [2.75, 3.05) is 11.6 Å². The fraction of sp³-hybridized carbons (Fsp3) is 0.185. The molecule has 0 spiro atoms. The Morgan fingerprint density at radius 1 is 1.00 bits per heavy atom. The van der Waals surface area contributed by atoms with Crippen molar-refractivity contribution in [3.63, 3.8) is 0 Å². The molecule has 0 bridgehead atoms. The number of aromatic nitrogens is 5. The summed E-state index contributed by atoms with van der Waals surface area (Å²) >= 11 is 0. The van der Waals surface area contributed by atoms with Gasteiger partial charge in [0, 0.05) is 36.0 Å². The Morgan fingerprint density at radius 2 is 1.78 bits per heavy atom. The topological polar surface area (TPSA) is 111 Å². The smallest absolute Gasteiger partial charge is 0.232 e. The lowest BCUT2D eigenvalue weighted by molar-refractivity contribution is 0.226. The normalized spacial score (nSPS) is 11.7. The standard InChI is InChI=1S/C27H26N6O3S/c1-18(2)36-27-23(37(3,34)35)15-20(16-30-27)25-31-26(29-17-21-11-7-8-13-28-21)24-22(12-14-33(24)32-25)19-9-5-4-6-10-19/h4-16,18H,17H2,1-3H3,(H,29,31,32). The lowest BCUT2D eigenvalue weighted by atomic mass is 10.1. The van der Waals surface area contributed by atoms with E-state index in [4.69, 9.17) is 14.8 Å². The van der Waals surface area contributed by atoms with Crippen LogP contribution in [0.2, 0.25) is 0 Å². The van der Waals surface area contributed by atoms with Gasteiger partial charge < -0.3 is 10.1 Å². The quantitative estimate of drug-likeness (QED) is 0.318. The SMILES string of the molecule is CC(C)Oc1ncc(-c2nc(NCc3ccccn3)c3c(-c4ccccc4)ccn3n2)cc1S(C)(=O)=O. The average molecular weight is 515 g/mol. The van der Waals surface area contributed by atoms with Gasteiger partial charge in [0.05, 0.1) is 18.3 Å². The third-order valence-electron chi connectivity index (χ3n) is 5.58. The van der Waals surface area contributed by atoms with E-state index in [1.807, 2.05) is 74.6 Å². The number of rotatable bonds is 8. The summed E-state index contributed by atoms with van der Waals surface area (Å²) in [5, 5.41) is 8.09. The summed E-state index contributed by atoms with van der Waals surface area (Å²) in [6, 6.07) is 19.2. The molecular weight excluding hydrogens is 488 g/mol. The van der Waals surface area contributed by atoms with Crippen molar-refractivity contribution in [1.82, 2.24) is 24.6 Å². The molecule has 5 aromatic rings. The van der Waals surface area contributed by atoms with Crippen LogP contribution in [0.3, 0.4) is 0 Å². The molecule has 0 radical (unpaired) electrons. The summed E-state index contributed by atoms with van der Waals surface area (Å²) in [6.45, 7) is 4.07. The van der Waals surface area contributed by atoms with Gasteiger partial charge in [-0.1, -0.05) is 36.4 Å². The van der Waals surface area contributed by atoms with Crippen molar-refractivity contribution in [3.05, 3.63) is 84.9 Å². The number of ether oxygens (including phenoxy) is 1. The summed E-state index contributed by atoms with van der Waals surface area (Å²) < 4.78 is 32.4. The molecule has 1 N–H and O–H groups in total. The van der Waals surface area contributed by atoms with E-state index in [9.17, 15) is 8.42 Å². The number of fused-ring (bicyclic) bond motifs is 1. The molecule has 0 aliphatic carbocycles. The Balaban J connectivity index is 1.65. The molecule has 37 heavy (non-hydrogen) atoms. The van der Waals surface area contributed by atoms with Gasteiger partial charge in [-0.25, -0.2) is 22.9 Å². The molecule has 0 aliphatic rings. The molecule has 0 amide bonds. The van der Waals surface area contributed by atoms with Crippen LogP contribution in [0.5, 0.6) is 5.88 Å². The lowest BCUT2D eigenvalue weighted by Gasteiger charge is -2.14. The third kappa shape index (κ3) is 5.29. The van der Waals surface area contributed by atoms with Crippen molar-refractivity contribution in [2.45, 2.75) is 31.4 Å². The molecule has 4 aromatic heterocycles. The second-order valence-electron chi connectivity index (χ2n) is 8.81. The molecule has 0 saturated carbocycles. The zero-order valence-electron chi connectivity index (χ0n) is 20.7. The molecule has 0 fully saturated rings. The van der Waals surface area contributed by atoms with Crippen LogP contribution in [0.15, 0.2) is 84.1 Å². The number of anilines is 1. The van der Waals surface area contributed by atoms with Crippen LogP contribution in [0.25, 0.3) is 28.0 Å². The first-order chi connectivity index (χ1) is 17.8. The first kappa shape index (κ1) is 24.4. The molecule has 0 unspecified atom stereocenters. The summed E-state index contributed by atoms with van der Waals surface area (Å²) in [6.07, 6.45) is 6.02. The number of pyridine rings is 2. The second-order valence-corrected chi connectivity index (χ2v) is 10.8. The minimum atomic E-state index is -3.61. The van der Waals surface area contributed by atoms with Gasteiger partial charge in [0.2, 0.25) is 5.88 Å². The lowest BCUT2D eigenvalue weighted by Crippen LogP contribution is -2.12. The summed E-state index contributed by atoms with van der Waals surface area (Å²) in [5.74, 6) is 0.964. The van der Waals surface area contributed by atoms with Crippen LogP contribution in [-0.2, 0) is 16.4 Å². The maximum Gasteiger partial charge on any atom is 0.232 e. The Kier molecular flexibility index (Phi) is 6.58. The number of nitrogens with zero attached hydrogens (tertiary/aromatic N) is 5. The predicted molar refractivity (Wildman–Crippen MR) is 142 cm³/mol. The van der Waals surface area contributed by atoms with Crippen LogP contribution < -0.4 is 10.1 Å². The Labute approximate surface area is 215 Å². The molecular formula is C27H26N6O3S. The van der Waals surface area contributed by atoms with Gasteiger partial charge in [-0.2, -0.15) is 0 Å².